The molecule has 0 heterocycles. The highest BCUT2D eigenvalue weighted by Gasteiger charge is 2.10. The molecule has 1 unspecified atom stereocenters. The van der Waals surface area contributed by atoms with E-state index >= 15 is 0 Å². The van der Waals surface area contributed by atoms with E-state index in [2.05, 4.69) is 5.32 Å². The van der Waals surface area contributed by atoms with Crippen molar-refractivity contribution in [2.75, 3.05) is 6.54 Å². The monoisotopic (exact) mass is 279 g/mol. The molecule has 0 fully saturated rings. The van der Waals surface area contributed by atoms with Gasteiger partial charge >= 0.3 is 0 Å². The minimum absolute atomic E-state index is 0.0452. The average molecular weight is 279 g/mol. The maximum Gasteiger partial charge on any atom is 0.269 e. The lowest BCUT2D eigenvalue weighted by Crippen LogP contribution is -2.39. The SMILES string of the molecule is NC(=O)C(O)CNC(=O)/C=C/c1ccc([N+](=O)[O-])cc1. The van der Waals surface area contributed by atoms with E-state index in [9.17, 15) is 19.7 Å². The number of nitro groups is 1. The lowest BCUT2D eigenvalue weighted by Gasteiger charge is -2.05. The van der Waals surface area contributed by atoms with Gasteiger partial charge in [0, 0.05) is 18.2 Å². The van der Waals surface area contributed by atoms with Gasteiger partial charge in [-0.2, -0.15) is 0 Å². The molecule has 0 aromatic heterocycles. The van der Waals surface area contributed by atoms with Crippen molar-refractivity contribution in [3.8, 4) is 0 Å². The Hall–Kier alpha value is -2.74. The molecule has 4 N–H and O–H groups in total. The number of carbonyl (C=O) groups is 2. The van der Waals surface area contributed by atoms with Crippen LogP contribution >= 0.6 is 0 Å². The van der Waals surface area contributed by atoms with Crippen molar-refractivity contribution in [1.82, 2.24) is 5.32 Å². The zero-order valence-electron chi connectivity index (χ0n) is 10.4. The van der Waals surface area contributed by atoms with Crippen LogP contribution in [0.1, 0.15) is 5.56 Å². The highest BCUT2D eigenvalue weighted by atomic mass is 16.6. The number of benzene rings is 1. The maximum atomic E-state index is 11.3. The molecule has 8 heteroatoms. The number of aliphatic hydroxyl groups is 1. The lowest BCUT2D eigenvalue weighted by molar-refractivity contribution is -0.384. The summed E-state index contributed by atoms with van der Waals surface area (Å²) in [4.78, 5) is 31.8. The number of carbonyl (C=O) groups excluding carboxylic acids is 2. The fourth-order valence-electron chi connectivity index (χ4n) is 1.24. The van der Waals surface area contributed by atoms with Gasteiger partial charge in [0.2, 0.25) is 11.8 Å². The third kappa shape index (κ3) is 4.86. The molecule has 1 rings (SSSR count). The number of primary amides is 1. The van der Waals surface area contributed by atoms with Crippen LogP contribution in [0.25, 0.3) is 6.08 Å². The number of rotatable bonds is 6. The molecule has 20 heavy (non-hydrogen) atoms. The summed E-state index contributed by atoms with van der Waals surface area (Å²) < 4.78 is 0. The summed E-state index contributed by atoms with van der Waals surface area (Å²) >= 11 is 0. The van der Waals surface area contributed by atoms with E-state index in [4.69, 9.17) is 10.8 Å². The van der Waals surface area contributed by atoms with Gasteiger partial charge in [-0.3, -0.25) is 19.7 Å². The van der Waals surface area contributed by atoms with Crippen molar-refractivity contribution in [2.24, 2.45) is 5.73 Å². The minimum atomic E-state index is -1.44. The lowest BCUT2D eigenvalue weighted by atomic mass is 10.2. The third-order valence-corrected chi connectivity index (χ3v) is 2.33. The normalized spacial score (nSPS) is 12.1. The molecule has 8 nitrogen and oxygen atoms in total. The van der Waals surface area contributed by atoms with E-state index in [1.54, 1.807) is 0 Å². The predicted octanol–water partition coefficient (Wildman–Crippen LogP) is -0.430. The number of nitrogens with zero attached hydrogens (tertiary/aromatic N) is 1. The Balaban J connectivity index is 2.53. The summed E-state index contributed by atoms with van der Waals surface area (Å²) in [5.74, 6) is -1.45. The molecule has 0 saturated carbocycles. The highest BCUT2D eigenvalue weighted by Crippen LogP contribution is 2.12. The number of hydrogen-bond acceptors (Lipinski definition) is 5. The van der Waals surface area contributed by atoms with Crippen LogP contribution in [-0.4, -0.2) is 34.5 Å². The molecule has 1 atom stereocenters. The summed E-state index contributed by atoms with van der Waals surface area (Å²) in [6, 6.07) is 5.60. The van der Waals surface area contributed by atoms with E-state index in [-0.39, 0.29) is 12.2 Å². The fraction of sp³-hybridized carbons (Fsp3) is 0.167. The van der Waals surface area contributed by atoms with Crippen LogP contribution in [0.4, 0.5) is 5.69 Å². The molecule has 0 bridgehead atoms. The van der Waals surface area contributed by atoms with Gasteiger partial charge in [-0.25, -0.2) is 0 Å². The van der Waals surface area contributed by atoms with Crippen molar-refractivity contribution < 1.29 is 19.6 Å². The Morgan fingerprint density at radius 2 is 2.00 bits per heavy atom. The van der Waals surface area contributed by atoms with E-state index in [0.717, 1.165) is 0 Å². The number of non-ortho nitro benzene ring substituents is 1. The van der Waals surface area contributed by atoms with Gasteiger partial charge in [-0.15, -0.1) is 0 Å². The number of aliphatic hydroxyl groups excluding tert-OH is 1. The quantitative estimate of drug-likeness (QED) is 0.369. The van der Waals surface area contributed by atoms with Gasteiger partial charge in [0.25, 0.3) is 5.69 Å². The fourth-order valence-corrected chi connectivity index (χ4v) is 1.24. The first-order valence-electron chi connectivity index (χ1n) is 5.58. The van der Waals surface area contributed by atoms with E-state index in [1.165, 1.54) is 36.4 Å². The van der Waals surface area contributed by atoms with Gasteiger partial charge in [-0.1, -0.05) is 0 Å². The highest BCUT2D eigenvalue weighted by molar-refractivity contribution is 5.92. The summed E-state index contributed by atoms with van der Waals surface area (Å²) in [7, 11) is 0. The van der Waals surface area contributed by atoms with Crippen LogP contribution in [0.2, 0.25) is 0 Å². The summed E-state index contributed by atoms with van der Waals surface area (Å²) in [6.07, 6.45) is 1.18. The van der Waals surface area contributed by atoms with E-state index < -0.39 is 22.8 Å². The van der Waals surface area contributed by atoms with Crippen LogP contribution in [0.5, 0.6) is 0 Å². The molecule has 2 amide bonds. The molecule has 106 valence electrons. The molecule has 1 aromatic carbocycles. The van der Waals surface area contributed by atoms with Crippen LogP contribution < -0.4 is 11.1 Å². The van der Waals surface area contributed by atoms with Gasteiger partial charge in [0.05, 0.1) is 11.5 Å². The van der Waals surface area contributed by atoms with Crippen LogP contribution in [-0.2, 0) is 9.59 Å². The van der Waals surface area contributed by atoms with Crippen LogP contribution in [0.3, 0.4) is 0 Å². The Labute approximate surface area is 114 Å². The molecule has 1 aromatic rings. The average Bonchev–Trinajstić information content (AvgIpc) is 2.42. The van der Waals surface area contributed by atoms with Crippen molar-refractivity contribution >= 4 is 23.6 Å². The Morgan fingerprint density at radius 3 is 2.50 bits per heavy atom. The predicted molar refractivity (Wildman–Crippen MR) is 70.3 cm³/mol. The number of hydrogen-bond donors (Lipinski definition) is 3. The summed E-state index contributed by atoms with van der Waals surface area (Å²) in [6.45, 7) is -0.279. The topological polar surface area (TPSA) is 136 Å². The largest absolute Gasteiger partial charge is 0.381 e. The van der Waals surface area contributed by atoms with Crippen molar-refractivity contribution in [1.29, 1.82) is 0 Å². The zero-order chi connectivity index (χ0) is 15.1. The maximum absolute atomic E-state index is 11.3. The first-order valence-corrected chi connectivity index (χ1v) is 5.58. The van der Waals surface area contributed by atoms with Gasteiger partial charge in [0.15, 0.2) is 0 Å². The molecule has 0 aliphatic heterocycles. The number of nitro benzene ring substituents is 1. The molecule has 0 radical (unpaired) electrons. The van der Waals surface area contributed by atoms with Crippen LogP contribution in [0.15, 0.2) is 30.3 Å². The molecule has 0 saturated heterocycles. The summed E-state index contributed by atoms with van der Waals surface area (Å²) in [5.41, 5.74) is 5.37. The number of nitrogens with one attached hydrogen (secondary N) is 1. The standard InChI is InChI=1S/C12H13N3O5/c13-12(18)10(16)7-14-11(17)6-3-8-1-4-9(5-2-8)15(19)20/h1-6,10,16H,7H2,(H2,13,18)(H,14,17)/b6-3+. The Kier molecular flexibility index (Phi) is 5.36. The van der Waals surface area contributed by atoms with Gasteiger partial charge in [0.1, 0.15) is 6.10 Å². The molecular weight excluding hydrogens is 266 g/mol. The van der Waals surface area contributed by atoms with E-state index in [1.807, 2.05) is 0 Å². The first-order chi connectivity index (χ1) is 9.40. The Morgan fingerprint density at radius 1 is 1.40 bits per heavy atom. The summed E-state index contributed by atoms with van der Waals surface area (Å²) in [5, 5.41) is 21.8. The van der Waals surface area contributed by atoms with Crippen LogP contribution in [0, 0.1) is 10.1 Å². The smallest absolute Gasteiger partial charge is 0.269 e. The van der Waals surface area contributed by atoms with Crippen molar-refractivity contribution in [3.05, 3.63) is 46.0 Å². The van der Waals surface area contributed by atoms with Crippen molar-refractivity contribution in [2.45, 2.75) is 6.10 Å². The Bertz CT molecular complexity index is 539. The van der Waals surface area contributed by atoms with Gasteiger partial charge in [-0.05, 0) is 23.8 Å². The van der Waals surface area contributed by atoms with Crippen molar-refractivity contribution in [3.63, 3.8) is 0 Å². The second-order valence-electron chi connectivity index (χ2n) is 3.85. The molecule has 0 spiro atoms. The minimum Gasteiger partial charge on any atom is -0.381 e. The van der Waals surface area contributed by atoms with Gasteiger partial charge < -0.3 is 16.2 Å². The molecule has 0 aliphatic rings. The second kappa shape index (κ2) is 7.00. The number of nitrogens with two attached hydrogens (primary N) is 1. The zero-order valence-corrected chi connectivity index (χ0v) is 10.4. The number of amides is 2. The first kappa shape index (κ1) is 15.3. The third-order valence-electron chi connectivity index (χ3n) is 2.33. The van der Waals surface area contributed by atoms with E-state index in [0.29, 0.717) is 5.56 Å². The molecular formula is C12H13N3O5. The molecule has 0 aliphatic carbocycles. The second-order valence-corrected chi connectivity index (χ2v) is 3.85.